The van der Waals surface area contributed by atoms with Gasteiger partial charge in [-0.2, -0.15) is 26.3 Å². The first-order valence-electron chi connectivity index (χ1n) is 4.58. The van der Waals surface area contributed by atoms with Crippen LogP contribution in [0.2, 0.25) is 0 Å². The smallest absolute Gasteiger partial charge is 0.436 e. The van der Waals surface area contributed by atoms with E-state index in [0.717, 1.165) is 0 Å². The van der Waals surface area contributed by atoms with E-state index in [-0.39, 0.29) is 6.07 Å². The minimum absolute atomic E-state index is 0.367. The Kier molecular flexibility index (Phi) is 3.96. The highest BCUT2D eigenvalue weighted by Gasteiger charge is 2.43. The number of hydrogen-bond acceptors (Lipinski definition) is 4. The molecule has 20 heavy (non-hydrogen) atoms. The molecule has 0 fully saturated rings. The molecule has 1 N–H and O–H groups in total. The lowest BCUT2D eigenvalue weighted by atomic mass is 10.3. The Hall–Kier alpha value is -2.27. The zero-order chi connectivity index (χ0) is 15.7. The Bertz CT molecular complexity index is 532. The van der Waals surface area contributed by atoms with E-state index >= 15 is 0 Å². The van der Waals surface area contributed by atoms with Crippen molar-refractivity contribution in [2.24, 2.45) is 0 Å². The van der Waals surface area contributed by atoms with Crippen LogP contribution in [0.25, 0.3) is 0 Å². The van der Waals surface area contributed by atoms with Gasteiger partial charge in [-0.25, -0.2) is 4.79 Å². The number of aliphatic carboxylic acids is 1. The molecule has 1 rings (SSSR count). The second-order valence-electron chi connectivity index (χ2n) is 3.32. The zero-order valence-electron chi connectivity index (χ0n) is 9.12. The molecule has 12 heteroatoms. The SMILES string of the molecule is O=C(O)CC(=O)On1nc(C(F)(F)F)cc1C(F)(F)F. The number of carboxylic acid groups (broad SMARTS) is 1. The number of halogens is 6. The average molecular weight is 306 g/mol. The van der Waals surface area contributed by atoms with Crippen molar-refractivity contribution in [2.75, 3.05) is 0 Å². The summed E-state index contributed by atoms with van der Waals surface area (Å²) in [6, 6.07) is -0.367. The van der Waals surface area contributed by atoms with Gasteiger partial charge in [-0.1, -0.05) is 4.85 Å². The first kappa shape index (κ1) is 15.8. The first-order chi connectivity index (χ1) is 8.91. The fourth-order valence-electron chi connectivity index (χ4n) is 1.02. The lowest BCUT2D eigenvalue weighted by Crippen LogP contribution is -2.27. The number of carbonyl (C=O) groups excluding carboxylic acids is 1. The molecule has 0 aliphatic rings. The highest BCUT2D eigenvalue weighted by molar-refractivity contribution is 5.90. The van der Waals surface area contributed by atoms with Gasteiger partial charge in [0.15, 0.2) is 11.4 Å². The van der Waals surface area contributed by atoms with E-state index in [1.54, 1.807) is 0 Å². The van der Waals surface area contributed by atoms with Gasteiger partial charge in [-0.3, -0.25) is 4.79 Å². The number of aromatic nitrogens is 2. The van der Waals surface area contributed by atoms with Crippen molar-refractivity contribution in [3.63, 3.8) is 0 Å². The second-order valence-corrected chi connectivity index (χ2v) is 3.32. The van der Waals surface area contributed by atoms with Gasteiger partial charge >= 0.3 is 24.3 Å². The molecule has 0 bridgehead atoms. The van der Waals surface area contributed by atoms with Crippen LogP contribution in [0.3, 0.4) is 0 Å². The summed E-state index contributed by atoms with van der Waals surface area (Å²) in [5.74, 6) is -3.44. The molecule has 1 aromatic heterocycles. The summed E-state index contributed by atoms with van der Waals surface area (Å²) in [6.07, 6.45) is -11.8. The minimum atomic E-state index is -5.28. The summed E-state index contributed by atoms with van der Waals surface area (Å²) in [4.78, 5) is 24.1. The molecule has 6 nitrogen and oxygen atoms in total. The van der Waals surface area contributed by atoms with E-state index in [1.807, 2.05) is 0 Å². The maximum absolute atomic E-state index is 12.4. The van der Waals surface area contributed by atoms with Gasteiger partial charge in [0.25, 0.3) is 0 Å². The van der Waals surface area contributed by atoms with E-state index in [4.69, 9.17) is 5.11 Å². The van der Waals surface area contributed by atoms with Crippen LogP contribution >= 0.6 is 0 Å². The topological polar surface area (TPSA) is 81.4 Å². The largest absolute Gasteiger partial charge is 0.481 e. The molecule has 0 aromatic carbocycles. The number of rotatable bonds is 3. The van der Waals surface area contributed by atoms with E-state index in [1.165, 1.54) is 0 Å². The molecule has 0 radical (unpaired) electrons. The Morgan fingerprint density at radius 3 is 2.15 bits per heavy atom. The van der Waals surface area contributed by atoms with Crippen molar-refractivity contribution in [3.8, 4) is 0 Å². The standard InChI is InChI=1S/C8H4F6N2O4/c9-7(10,11)3-1-4(8(12,13)14)16(15-3)20-6(19)2-5(17)18/h1H,2H2,(H,17,18). The van der Waals surface area contributed by atoms with E-state index in [2.05, 4.69) is 9.94 Å². The molecule has 0 amide bonds. The van der Waals surface area contributed by atoms with Crippen LogP contribution < -0.4 is 4.84 Å². The molecule has 1 aromatic rings. The predicted molar refractivity (Wildman–Crippen MR) is 46.1 cm³/mol. The normalized spacial score (nSPS) is 12.3. The van der Waals surface area contributed by atoms with Gasteiger partial charge in [0, 0.05) is 6.07 Å². The first-order valence-corrected chi connectivity index (χ1v) is 4.58. The Balaban J connectivity index is 3.14. The quantitative estimate of drug-likeness (QED) is 0.673. The summed E-state index contributed by atoms with van der Waals surface area (Å²) in [5, 5.41) is 10.6. The van der Waals surface area contributed by atoms with Gasteiger partial charge < -0.3 is 9.94 Å². The van der Waals surface area contributed by atoms with Crippen LogP contribution in [0.1, 0.15) is 17.8 Å². The molecule has 1 heterocycles. The third-order valence-corrected chi connectivity index (χ3v) is 1.74. The highest BCUT2D eigenvalue weighted by atomic mass is 19.4. The fraction of sp³-hybridized carbons (Fsp3) is 0.375. The van der Waals surface area contributed by atoms with Gasteiger partial charge in [0.2, 0.25) is 0 Å². The van der Waals surface area contributed by atoms with Gasteiger partial charge in [-0.15, -0.1) is 5.10 Å². The molecular formula is C8H4F6N2O4. The van der Waals surface area contributed by atoms with Crippen LogP contribution in [-0.2, 0) is 21.9 Å². The summed E-state index contributed by atoms with van der Waals surface area (Å²) >= 11 is 0. The molecule has 112 valence electrons. The molecule has 0 spiro atoms. The lowest BCUT2D eigenvalue weighted by molar-refractivity contribution is -0.165. The average Bonchev–Trinajstić information content (AvgIpc) is 2.58. The molecular weight excluding hydrogens is 302 g/mol. The predicted octanol–water partition coefficient (Wildman–Crippen LogP) is 1.35. The molecule has 0 atom stereocenters. The summed E-state index contributed by atoms with van der Waals surface area (Å²) < 4.78 is 74.0. The van der Waals surface area contributed by atoms with Crippen molar-refractivity contribution < 1.29 is 45.9 Å². The summed E-state index contributed by atoms with van der Waals surface area (Å²) in [7, 11) is 0. The van der Waals surface area contributed by atoms with Crippen LogP contribution in [0.4, 0.5) is 26.3 Å². The number of hydrogen-bond donors (Lipinski definition) is 1. The number of alkyl halides is 6. The van der Waals surface area contributed by atoms with Crippen LogP contribution in [0, 0.1) is 0 Å². The maximum Gasteiger partial charge on any atom is 0.436 e. The van der Waals surface area contributed by atoms with Crippen molar-refractivity contribution in [2.45, 2.75) is 18.8 Å². The van der Waals surface area contributed by atoms with Crippen molar-refractivity contribution in [1.82, 2.24) is 9.94 Å². The third kappa shape index (κ3) is 3.86. The summed E-state index contributed by atoms with van der Waals surface area (Å²) in [6.45, 7) is 0. The van der Waals surface area contributed by atoms with Crippen molar-refractivity contribution in [3.05, 3.63) is 17.5 Å². The highest BCUT2D eigenvalue weighted by Crippen LogP contribution is 2.34. The van der Waals surface area contributed by atoms with Crippen LogP contribution in [0.15, 0.2) is 6.07 Å². The van der Waals surface area contributed by atoms with E-state index in [9.17, 15) is 35.9 Å². The van der Waals surface area contributed by atoms with Crippen LogP contribution in [0.5, 0.6) is 0 Å². The Morgan fingerprint density at radius 2 is 1.75 bits per heavy atom. The van der Waals surface area contributed by atoms with Gasteiger partial charge in [0.05, 0.1) is 0 Å². The number of carboxylic acids is 1. The third-order valence-electron chi connectivity index (χ3n) is 1.74. The lowest BCUT2D eigenvalue weighted by Gasteiger charge is -2.08. The molecule has 0 aliphatic heterocycles. The Labute approximate surface area is 105 Å². The minimum Gasteiger partial charge on any atom is -0.481 e. The monoisotopic (exact) mass is 306 g/mol. The van der Waals surface area contributed by atoms with Gasteiger partial charge in [0.1, 0.15) is 6.42 Å². The van der Waals surface area contributed by atoms with Crippen molar-refractivity contribution in [1.29, 1.82) is 0 Å². The maximum atomic E-state index is 12.4. The summed E-state index contributed by atoms with van der Waals surface area (Å²) in [5.41, 5.74) is -3.93. The molecule has 0 saturated carbocycles. The number of carbonyl (C=O) groups is 2. The van der Waals surface area contributed by atoms with Crippen molar-refractivity contribution >= 4 is 11.9 Å². The van der Waals surface area contributed by atoms with E-state index in [0.29, 0.717) is 0 Å². The Morgan fingerprint density at radius 1 is 1.20 bits per heavy atom. The number of nitrogens with zero attached hydrogens (tertiary/aromatic N) is 2. The molecule has 0 unspecified atom stereocenters. The van der Waals surface area contributed by atoms with Gasteiger partial charge in [-0.05, 0) is 0 Å². The molecule has 0 saturated heterocycles. The fourth-order valence-corrected chi connectivity index (χ4v) is 1.02. The second kappa shape index (κ2) is 5.02. The van der Waals surface area contributed by atoms with Crippen LogP contribution in [-0.4, -0.2) is 27.0 Å². The van der Waals surface area contributed by atoms with E-state index < -0.39 is 46.9 Å². The molecule has 0 aliphatic carbocycles. The zero-order valence-corrected chi connectivity index (χ0v) is 9.12.